The fourth-order valence-corrected chi connectivity index (χ4v) is 3.54. The van der Waals surface area contributed by atoms with Gasteiger partial charge in [-0.25, -0.2) is 15.0 Å². The summed E-state index contributed by atoms with van der Waals surface area (Å²) in [5, 5.41) is 2.36. The molecule has 1 atom stereocenters. The van der Waals surface area contributed by atoms with Gasteiger partial charge in [-0.15, -0.1) is 0 Å². The minimum Gasteiger partial charge on any atom is -0.359 e. The fraction of sp³-hybridized carbons (Fsp3) is 0.500. The van der Waals surface area contributed by atoms with Crippen molar-refractivity contribution in [2.45, 2.75) is 25.3 Å². The Hall–Kier alpha value is -1.95. The number of nitrogens with one attached hydrogen (secondary N) is 1. The molecule has 0 bridgehead atoms. The number of anilines is 1. The molecule has 0 radical (unpaired) electrons. The van der Waals surface area contributed by atoms with E-state index in [2.05, 4.69) is 20.3 Å². The molecular formula is C14H13F6N5S. The van der Waals surface area contributed by atoms with Crippen LogP contribution in [0.25, 0.3) is 11.3 Å². The third kappa shape index (κ3) is 3.90. The van der Waals surface area contributed by atoms with Crippen molar-refractivity contribution in [3.8, 4) is 11.3 Å². The fourth-order valence-electron chi connectivity index (χ4n) is 2.55. The molecule has 0 saturated carbocycles. The third-order valence-corrected chi connectivity index (χ3v) is 4.85. The van der Waals surface area contributed by atoms with Gasteiger partial charge in [0.15, 0.2) is 0 Å². The summed E-state index contributed by atoms with van der Waals surface area (Å²) in [6, 6.07) is 0.0527. The summed E-state index contributed by atoms with van der Waals surface area (Å²) in [5.74, 6) is -1.36. The van der Waals surface area contributed by atoms with Gasteiger partial charge in [0.2, 0.25) is 10.8 Å². The number of alkyl halides is 6. The van der Waals surface area contributed by atoms with E-state index in [1.807, 2.05) is 6.92 Å². The zero-order valence-corrected chi connectivity index (χ0v) is 14.1. The van der Waals surface area contributed by atoms with Crippen LogP contribution < -0.4 is 10.2 Å². The minimum atomic E-state index is -4.73. The Morgan fingerprint density at radius 1 is 1.12 bits per heavy atom. The number of hydrogen-bond donors (Lipinski definition) is 1. The summed E-state index contributed by atoms with van der Waals surface area (Å²) in [6.45, 7) is 3.37. The molecule has 2 aromatic heterocycles. The Labute approximate surface area is 148 Å². The van der Waals surface area contributed by atoms with Crippen LogP contribution in [0.5, 0.6) is 0 Å². The van der Waals surface area contributed by atoms with Gasteiger partial charge in [-0.2, -0.15) is 26.3 Å². The van der Waals surface area contributed by atoms with Crippen molar-refractivity contribution in [1.82, 2.24) is 20.3 Å². The van der Waals surface area contributed by atoms with Crippen molar-refractivity contribution in [2.24, 2.45) is 0 Å². The van der Waals surface area contributed by atoms with E-state index in [-0.39, 0.29) is 22.3 Å². The van der Waals surface area contributed by atoms with Crippen LogP contribution in [-0.4, -0.2) is 40.6 Å². The van der Waals surface area contributed by atoms with Crippen LogP contribution >= 0.6 is 11.3 Å². The molecule has 1 saturated heterocycles. The lowest BCUT2D eigenvalue weighted by atomic mass is 10.2. The monoisotopic (exact) mass is 397 g/mol. The second-order valence-corrected chi connectivity index (χ2v) is 6.74. The summed E-state index contributed by atoms with van der Waals surface area (Å²) in [4.78, 5) is 11.8. The van der Waals surface area contributed by atoms with Crippen molar-refractivity contribution in [3.63, 3.8) is 0 Å². The number of hydrogen-bond acceptors (Lipinski definition) is 6. The second-order valence-electron chi connectivity index (χ2n) is 5.76. The lowest BCUT2D eigenvalue weighted by molar-refractivity contribution is -0.145. The van der Waals surface area contributed by atoms with Gasteiger partial charge < -0.3 is 10.2 Å². The molecule has 0 spiro atoms. The van der Waals surface area contributed by atoms with Crippen LogP contribution in [0.15, 0.2) is 12.4 Å². The van der Waals surface area contributed by atoms with E-state index in [1.54, 1.807) is 4.90 Å². The van der Waals surface area contributed by atoms with Gasteiger partial charge in [0.25, 0.3) is 0 Å². The predicted octanol–water partition coefficient (Wildman–Crippen LogP) is 3.44. The third-order valence-electron chi connectivity index (χ3n) is 3.69. The minimum absolute atomic E-state index is 0.00550. The average molecular weight is 397 g/mol. The number of nitrogens with zero attached hydrogens (tertiary/aromatic N) is 4. The first-order valence-corrected chi connectivity index (χ1v) is 8.33. The molecule has 142 valence electrons. The van der Waals surface area contributed by atoms with Crippen molar-refractivity contribution in [3.05, 3.63) is 23.2 Å². The molecule has 0 unspecified atom stereocenters. The first kappa shape index (κ1) is 18.8. The zero-order valence-electron chi connectivity index (χ0n) is 13.3. The summed E-state index contributed by atoms with van der Waals surface area (Å²) < 4.78 is 77.1. The van der Waals surface area contributed by atoms with E-state index in [1.165, 1.54) is 0 Å². The predicted molar refractivity (Wildman–Crippen MR) is 82.8 cm³/mol. The van der Waals surface area contributed by atoms with E-state index < -0.39 is 23.2 Å². The van der Waals surface area contributed by atoms with E-state index in [0.29, 0.717) is 31.0 Å². The van der Waals surface area contributed by atoms with E-state index in [4.69, 9.17) is 0 Å². The molecule has 3 heterocycles. The average Bonchev–Trinajstić information content (AvgIpc) is 3.00. The van der Waals surface area contributed by atoms with Crippen LogP contribution in [0, 0.1) is 0 Å². The van der Waals surface area contributed by atoms with Crippen LogP contribution in [0.2, 0.25) is 0 Å². The Morgan fingerprint density at radius 3 is 2.31 bits per heavy atom. The Morgan fingerprint density at radius 2 is 1.77 bits per heavy atom. The molecule has 0 amide bonds. The molecule has 1 fully saturated rings. The van der Waals surface area contributed by atoms with Gasteiger partial charge >= 0.3 is 12.4 Å². The highest BCUT2D eigenvalue weighted by atomic mass is 32.1. The Balaban J connectivity index is 2.03. The normalized spacial score (nSPS) is 19.0. The molecule has 0 aliphatic carbocycles. The van der Waals surface area contributed by atoms with Crippen LogP contribution in [0.4, 0.5) is 31.3 Å². The van der Waals surface area contributed by atoms with Crippen molar-refractivity contribution in [1.29, 1.82) is 0 Å². The highest BCUT2D eigenvalue weighted by Gasteiger charge is 2.38. The van der Waals surface area contributed by atoms with Crippen molar-refractivity contribution in [2.75, 3.05) is 24.5 Å². The van der Waals surface area contributed by atoms with Crippen LogP contribution in [0.1, 0.15) is 17.8 Å². The van der Waals surface area contributed by atoms with Gasteiger partial charge in [0.05, 0.1) is 0 Å². The maximum absolute atomic E-state index is 13.1. The number of aromatic nitrogens is 3. The van der Waals surface area contributed by atoms with Crippen LogP contribution in [0.3, 0.4) is 0 Å². The van der Waals surface area contributed by atoms with Gasteiger partial charge in [0, 0.05) is 43.6 Å². The molecular weight excluding hydrogens is 384 g/mol. The van der Waals surface area contributed by atoms with E-state index in [9.17, 15) is 26.3 Å². The molecule has 26 heavy (non-hydrogen) atoms. The summed E-state index contributed by atoms with van der Waals surface area (Å²) in [6.07, 6.45) is -7.68. The highest BCUT2D eigenvalue weighted by Crippen LogP contribution is 2.42. The topological polar surface area (TPSA) is 53.9 Å². The first-order chi connectivity index (χ1) is 12.1. The zero-order chi connectivity index (χ0) is 19.1. The molecule has 2 aromatic rings. The molecule has 5 nitrogen and oxygen atoms in total. The first-order valence-electron chi connectivity index (χ1n) is 7.51. The van der Waals surface area contributed by atoms with Crippen molar-refractivity contribution < 1.29 is 26.3 Å². The van der Waals surface area contributed by atoms with Gasteiger partial charge in [-0.3, -0.25) is 0 Å². The number of halogens is 6. The van der Waals surface area contributed by atoms with Gasteiger partial charge in [-0.1, -0.05) is 11.3 Å². The SMILES string of the molecule is C[C@@H]1CN(c2sc(C(F)(F)F)nc2-c2cnc(C(F)(F)F)nc2)CCN1. The molecule has 3 rings (SSSR count). The maximum atomic E-state index is 13.1. The van der Waals surface area contributed by atoms with Crippen LogP contribution in [-0.2, 0) is 12.4 Å². The molecule has 1 N–H and O–H groups in total. The summed E-state index contributed by atoms with van der Waals surface area (Å²) >= 11 is 0.464. The second kappa shape index (κ2) is 6.65. The standard InChI is InChI=1S/C14H13F6N5S/c1-7-6-25(3-2-21-7)10-9(24-12(26-10)14(18,19)20)8-4-22-11(23-5-8)13(15,16)17/h4-5,7,21H,2-3,6H2,1H3/t7-/m1/s1. The quantitative estimate of drug-likeness (QED) is 0.787. The maximum Gasteiger partial charge on any atom is 0.451 e. The number of piperazine rings is 1. The molecule has 0 aromatic carbocycles. The lowest BCUT2D eigenvalue weighted by Crippen LogP contribution is -2.49. The Kier molecular flexibility index (Phi) is 4.82. The van der Waals surface area contributed by atoms with E-state index in [0.717, 1.165) is 12.4 Å². The number of rotatable bonds is 2. The van der Waals surface area contributed by atoms with Gasteiger partial charge in [-0.05, 0) is 6.92 Å². The molecule has 1 aliphatic heterocycles. The van der Waals surface area contributed by atoms with Gasteiger partial charge in [0.1, 0.15) is 10.7 Å². The van der Waals surface area contributed by atoms with E-state index >= 15 is 0 Å². The van der Waals surface area contributed by atoms with Crippen molar-refractivity contribution >= 4 is 16.3 Å². The largest absolute Gasteiger partial charge is 0.451 e. The smallest absolute Gasteiger partial charge is 0.359 e. The number of thiazole rings is 1. The highest BCUT2D eigenvalue weighted by molar-refractivity contribution is 7.16. The lowest BCUT2D eigenvalue weighted by Gasteiger charge is -2.32. The Bertz CT molecular complexity index is 770. The summed E-state index contributed by atoms with van der Waals surface area (Å²) in [7, 11) is 0. The summed E-state index contributed by atoms with van der Waals surface area (Å²) in [5.41, 5.74) is -0.0592. The molecule has 12 heteroatoms. The molecule has 1 aliphatic rings.